The molecule has 2 aromatic heterocycles. The highest BCUT2D eigenvalue weighted by Crippen LogP contribution is 2.22. The quantitative estimate of drug-likeness (QED) is 0.843. The fourth-order valence-corrected chi connectivity index (χ4v) is 3.39. The number of nitrogens with zero attached hydrogens (tertiary/aromatic N) is 3. The molecule has 6 nitrogen and oxygen atoms in total. The van der Waals surface area contributed by atoms with Crippen molar-refractivity contribution in [1.82, 2.24) is 19.7 Å². The van der Waals surface area contributed by atoms with Crippen LogP contribution >= 0.6 is 15.9 Å². The molecule has 1 atom stereocenters. The van der Waals surface area contributed by atoms with Crippen molar-refractivity contribution in [3.63, 3.8) is 0 Å². The molecule has 1 aliphatic rings. The Morgan fingerprint density at radius 3 is 2.58 bits per heavy atom. The molecule has 0 spiro atoms. The highest BCUT2D eigenvalue weighted by molar-refractivity contribution is 9.10. The number of hydrogen-bond donors (Lipinski definition) is 1. The lowest BCUT2D eigenvalue weighted by molar-refractivity contribution is 0.0854. The highest BCUT2D eigenvalue weighted by Gasteiger charge is 2.26. The minimum Gasteiger partial charge on any atom is -0.444 e. The molecule has 3 heterocycles. The fraction of sp³-hybridized carbons (Fsp3) is 0.471. The predicted molar refractivity (Wildman–Crippen MR) is 96.0 cm³/mol. The molecule has 1 saturated heterocycles. The van der Waals surface area contributed by atoms with Crippen LogP contribution in [0.3, 0.4) is 0 Å². The van der Waals surface area contributed by atoms with E-state index in [-0.39, 0.29) is 11.9 Å². The number of furan rings is 1. The van der Waals surface area contributed by atoms with Gasteiger partial charge in [-0.05, 0) is 47.2 Å². The Balaban J connectivity index is 1.70. The summed E-state index contributed by atoms with van der Waals surface area (Å²) < 4.78 is 8.02. The molecule has 0 aliphatic carbocycles. The molecule has 0 saturated carbocycles. The predicted octanol–water partition coefficient (Wildman–Crippen LogP) is 2.10. The summed E-state index contributed by atoms with van der Waals surface area (Å²) in [6.45, 7) is 4.63. The summed E-state index contributed by atoms with van der Waals surface area (Å²) in [5.41, 5.74) is 1.21. The van der Waals surface area contributed by atoms with E-state index in [1.807, 2.05) is 19.3 Å². The SMILES string of the molecule is CN1CCN(C(CNC(=O)c2ccc(Br)o2)c2cccn2C)CC1. The topological polar surface area (TPSA) is 53.6 Å². The number of aromatic nitrogens is 1. The number of carbonyl (C=O) groups is 1. The lowest BCUT2D eigenvalue weighted by Crippen LogP contribution is -2.48. The van der Waals surface area contributed by atoms with Crippen LogP contribution in [0, 0.1) is 0 Å². The van der Waals surface area contributed by atoms with Crippen LogP contribution in [0.2, 0.25) is 0 Å². The third-order valence-corrected chi connectivity index (χ3v) is 4.98. The van der Waals surface area contributed by atoms with Gasteiger partial charge in [-0.25, -0.2) is 0 Å². The molecular formula is C17H23BrN4O2. The lowest BCUT2D eigenvalue weighted by Gasteiger charge is -2.38. The van der Waals surface area contributed by atoms with Gasteiger partial charge in [0.2, 0.25) is 0 Å². The van der Waals surface area contributed by atoms with Crippen molar-refractivity contribution < 1.29 is 9.21 Å². The summed E-state index contributed by atoms with van der Waals surface area (Å²) >= 11 is 3.23. The molecule has 1 fully saturated rings. The van der Waals surface area contributed by atoms with Crippen LogP contribution < -0.4 is 5.32 Å². The lowest BCUT2D eigenvalue weighted by atomic mass is 10.1. The van der Waals surface area contributed by atoms with Crippen molar-refractivity contribution in [3.8, 4) is 0 Å². The third-order valence-electron chi connectivity index (χ3n) is 4.56. The minimum atomic E-state index is -0.186. The van der Waals surface area contributed by atoms with Gasteiger partial charge in [-0.1, -0.05) is 0 Å². The summed E-state index contributed by atoms with van der Waals surface area (Å²) in [6.07, 6.45) is 2.05. The second-order valence-electron chi connectivity index (χ2n) is 6.21. The van der Waals surface area contributed by atoms with Gasteiger partial charge in [-0.2, -0.15) is 0 Å². The zero-order valence-corrected chi connectivity index (χ0v) is 15.6. The van der Waals surface area contributed by atoms with E-state index in [9.17, 15) is 4.79 Å². The van der Waals surface area contributed by atoms with E-state index in [1.54, 1.807) is 12.1 Å². The molecule has 1 N–H and O–H groups in total. The Kier molecular flexibility index (Phi) is 5.43. The number of rotatable bonds is 5. The van der Waals surface area contributed by atoms with Gasteiger partial charge in [-0.15, -0.1) is 0 Å². The van der Waals surface area contributed by atoms with E-state index in [0.717, 1.165) is 26.2 Å². The Morgan fingerprint density at radius 2 is 2.00 bits per heavy atom. The number of aryl methyl sites for hydroxylation is 1. The summed E-state index contributed by atoms with van der Waals surface area (Å²) in [4.78, 5) is 17.1. The first-order valence-electron chi connectivity index (χ1n) is 8.12. The van der Waals surface area contributed by atoms with E-state index in [4.69, 9.17) is 4.42 Å². The van der Waals surface area contributed by atoms with E-state index < -0.39 is 0 Å². The van der Waals surface area contributed by atoms with Gasteiger partial charge < -0.3 is 19.2 Å². The van der Waals surface area contributed by atoms with Crippen molar-refractivity contribution >= 4 is 21.8 Å². The number of piperazine rings is 1. The van der Waals surface area contributed by atoms with Gasteiger partial charge in [0.1, 0.15) is 0 Å². The summed E-state index contributed by atoms with van der Waals surface area (Å²) in [5, 5.41) is 3.01. The number of nitrogens with one attached hydrogen (secondary N) is 1. The van der Waals surface area contributed by atoms with Crippen LogP contribution in [-0.4, -0.2) is 60.0 Å². The highest BCUT2D eigenvalue weighted by atomic mass is 79.9. The molecule has 130 valence electrons. The van der Waals surface area contributed by atoms with Gasteiger partial charge in [0.25, 0.3) is 5.91 Å². The average Bonchev–Trinajstić information content (AvgIpc) is 3.18. The Hall–Kier alpha value is -1.57. The van der Waals surface area contributed by atoms with E-state index in [2.05, 4.69) is 48.7 Å². The molecule has 3 rings (SSSR count). The normalized spacial score (nSPS) is 17.8. The van der Waals surface area contributed by atoms with Gasteiger partial charge in [0, 0.05) is 51.7 Å². The number of likely N-dealkylation sites (N-methyl/N-ethyl adjacent to an activating group) is 1. The second-order valence-corrected chi connectivity index (χ2v) is 6.99. The fourth-order valence-electron chi connectivity index (χ4n) is 3.09. The summed E-state index contributed by atoms with van der Waals surface area (Å²) in [5.74, 6) is 0.139. The third kappa shape index (κ3) is 3.91. The maximum Gasteiger partial charge on any atom is 0.287 e. The molecule has 7 heteroatoms. The maximum atomic E-state index is 12.3. The van der Waals surface area contributed by atoms with Crippen LogP contribution in [0.4, 0.5) is 0 Å². The minimum absolute atomic E-state index is 0.154. The largest absolute Gasteiger partial charge is 0.444 e. The van der Waals surface area contributed by atoms with Crippen LogP contribution in [0.5, 0.6) is 0 Å². The first-order chi connectivity index (χ1) is 11.5. The molecule has 1 aliphatic heterocycles. The number of halogens is 1. The monoisotopic (exact) mass is 394 g/mol. The molecule has 24 heavy (non-hydrogen) atoms. The summed E-state index contributed by atoms with van der Waals surface area (Å²) in [6, 6.07) is 7.72. The van der Waals surface area contributed by atoms with Gasteiger partial charge in [0.05, 0.1) is 6.04 Å². The smallest absolute Gasteiger partial charge is 0.287 e. The molecule has 0 aromatic carbocycles. The first-order valence-corrected chi connectivity index (χ1v) is 8.91. The van der Waals surface area contributed by atoms with E-state index >= 15 is 0 Å². The van der Waals surface area contributed by atoms with E-state index in [0.29, 0.717) is 17.0 Å². The number of amides is 1. The molecule has 2 aromatic rings. The Bertz CT molecular complexity index is 688. The van der Waals surface area contributed by atoms with Crippen molar-refractivity contribution in [2.45, 2.75) is 6.04 Å². The summed E-state index contributed by atoms with van der Waals surface area (Å²) in [7, 11) is 4.19. The Labute approximate surface area is 150 Å². The van der Waals surface area contributed by atoms with Crippen LogP contribution in [0.25, 0.3) is 0 Å². The zero-order valence-electron chi connectivity index (χ0n) is 14.0. The van der Waals surface area contributed by atoms with Gasteiger partial charge in [-0.3, -0.25) is 9.69 Å². The molecule has 1 amide bonds. The van der Waals surface area contributed by atoms with Gasteiger partial charge >= 0.3 is 0 Å². The molecule has 0 bridgehead atoms. The number of carbonyl (C=O) groups excluding carboxylic acids is 1. The van der Waals surface area contributed by atoms with Crippen molar-refractivity contribution in [2.24, 2.45) is 7.05 Å². The van der Waals surface area contributed by atoms with Crippen LogP contribution in [-0.2, 0) is 7.05 Å². The Morgan fingerprint density at radius 1 is 1.25 bits per heavy atom. The number of hydrogen-bond acceptors (Lipinski definition) is 4. The molecule has 1 unspecified atom stereocenters. The zero-order chi connectivity index (χ0) is 17.1. The average molecular weight is 395 g/mol. The molecule has 0 radical (unpaired) electrons. The van der Waals surface area contributed by atoms with E-state index in [1.165, 1.54) is 5.69 Å². The van der Waals surface area contributed by atoms with Crippen molar-refractivity contribution in [2.75, 3.05) is 39.8 Å². The first kappa shape index (κ1) is 17.3. The van der Waals surface area contributed by atoms with Gasteiger partial charge in [0.15, 0.2) is 10.4 Å². The molecular weight excluding hydrogens is 372 g/mol. The maximum absolute atomic E-state index is 12.3. The van der Waals surface area contributed by atoms with Crippen molar-refractivity contribution in [1.29, 1.82) is 0 Å². The van der Waals surface area contributed by atoms with Crippen LogP contribution in [0.1, 0.15) is 22.3 Å². The second kappa shape index (κ2) is 7.55. The van der Waals surface area contributed by atoms with Crippen LogP contribution in [0.15, 0.2) is 39.5 Å². The van der Waals surface area contributed by atoms with Crippen molar-refractivity contribution in [3.05, 3.63) is 46.6 Å². The standard InChI is InChI=1S/C17H23BrN4O2/c1-20-8-10-22(11-9-20)14(13-4-3-7-21(13)2)12-19-17(23)15-5-6-16(18)24-15/h3-7,14H,8-12H2,1-2H3,(H,19,23).